The Morgan fingerprint density at radius 2 is 1.48 bits per heavy atom. The zero-order valence-corrected chi connectivity index (χ0v) is 12.0. The summed E-state index contributed by atoms with van der Waals surface area (Å²) in [6.07, 6.45) is -12.2. The van der Waals surface area contributed by atoms with E-state index >= 15 is 0 Å². The molecule has 0 aliphatic carbocycles. The van der Waals surface area contributed by atoms with E-state index in [4.69, 9.17) is 24.4 Å². The van der Waals surface area contributed by atoms with Gasteiger partial charge in [-0.05, 0) is 0 Å². The molecule has 9 atom stereocenters. The average Bonchev–Trinajstić information content (AvgIpc) is 2.80. The quantitative estimate of drug-likeness (QED) is 0.238. The molecule has 0 amide bonds. The molecule has 2 aliphatic heterocycles. The molecule has 0 aromatic heterocycles. The van der Waals surface area contributed by atoms with Crippen LogP contribution in [0.25, 0.3) is 0 Å². The van der Waals surface area contributed by atoms with Crippen LogP contribution in [0.15, 0.2) is 0 Å². The van der Waals surface area contributed by atoms with Gasteiger partial charge in [-0.3, -0.25) is 0 Å². The molecule has 0 bridgehead atoms. The van der Waals surface area contributed by atoms with Gasteiger partial charge in [-0.15, -0.1) is 0 Å². The Morgan fingerprint density at radius 1 is 0.870 bits per heavy atom. The third kappa shape index (κ3) is 3.36. The van der Waals surface area contributed by atoms with Crippen molar-refractivity contribution in [3.05, 3.63) is 0 Å². The lowest BCUT2D eigenvalue weighted by Crippen LogP contribution is -2.60. The Morgan fingerprint density at radius 3 is 2.00 bits per heavy atom. The molecule has 0 saturated carbocycles. The number of aliphatic hydroxyl groups excluding tert-OH is 7. The average molecular weight is 342 g/mol. The van der Waals surface area contributed by atoms with Gasteiger partial charge in [0, 0.05) is 0 Å². The van der Waals surface area contributed by atoms with E-state index in [1.54, 1.807) is 0 Å². The first kappa shape index (κ1) is 18.9. The lowest BCUT2D eigenvalue weighted by Gasteiger charge is -2.41. The summed E-state index contributed by atoms with van der Waals surface area (Å²) in [5.74, 6) is -2.37. The molecule has 8 N–H and O–H groups in total. The summed E-state index contributed by atoms with van der Waals surface area (Å²) in [6.45, 7) is -2.32. The van der Waals surface area contributed by atoms with Crippen LogP contribution in [0.1, 0.15) is 0 Å². The molecule has 2 aliphatic rings. The molecule has 136 valence electrons. The van der Waals surface area contributed by atoms with Gasteiger partial charge < -0.3 is 55.1 Å². The van der Waals surface area contributed by atoms with E-state index in [1.165, 1.54) is 0 Å². The standard InChI is InChI=1S/C12H22O11/c13-1-4-6(16)7(17)8(18)11(21-4)22-9-5(2-14)23-12(20,3-15)10(9)19/h4-11,13-20H,1-3H2/t4?,5-,6+,7+,8?,9?,10-,11+,12-/m1/s1. The van der Waals surface area contributed by atoms with E-state index in [0.29, 0.717) is 0 Å². The molecule has 2 rings (SSSR count). The Bertz CT molecular complexity index is 393. The number of aliphatic hydroxyl groups is 8. The van der Waals surface area contributed by atoms with Crippen molar-refractivity contribution in [2.75, 3.05) is 19.8 Å². The summed E-state index contributed by atoms with van der Waals surface area (Å²) in [4.78, 5) is 0. The fraction of sp³-hybridized carbons (Fsp3) is 1.00. The minimum Gasteiger partial charge on any atom is -0.394 e. The van der Waals surface area contributed by atoms with E-state index in [9.17, 15) is 30.6 Å². The molecule has 11 nitrogen and oxygen atoms in total. The van der Waals surface area contributed by atoms with Crippen LogP contribution < -0.4 is 0 Å². The first-order valence-electron chi connectivity index (χ1n) is 7.05. The summed E-state index contributed by atoms with van der Waals surface area (Å²) < 4.78 is 15.3. The number of ether oxygens (including phenoxy) is 3. The van der Waals surface area contributed by atoms with Crippen LogP contribution in [0.4, 0.5) is 0 Å². The highest BCUT2D eigenvalue weighted by Gasteiger charge is 2.56. The molecule has 0 radical (unpaired) electrons. The van der Waals surface area contributed by atoms with Crippen molar-refractivity contribution in [2.45, 2.75) is 54.8 Å². The van der Waals surface area contributed by atoms with E-state index in [0.717, 1.165) is 0 Å². The minimum atomic E-state index is -2.37. The lowest BCUT2D eigenvalue weighted by molar-refractivity contribution is -0.318. The summed E-state index contributed by atoms with van der Waals surface area (Å²) in [7, 11) is 0. The van der Waals surface area contributed by atoms with Gasteiger partial charge in [0.25, 0.3) is 0 Å². The summed E-state index contributed by atoms with van der Waals surface area (Å²) >= 11 is 0. The van der Waals surface area contributed by atoms with E-state index < -0.39 is 74.6 Å². The summed E-state index contributed by atoms with van der Waals surface area (Å²) in [5.41, 5.74) is 0. The molecule has 3 unspecified atom stereocenters. The molecule has 23 heavy (non-hydrogen) atoms. The molecule has 2 fully saturated rings. The van der Waals surface area contributed by atoms with Crippen LogP contribution in [-0.2, 0) is 14.2 Å². The van der Waals surface area contributed by atoms with Gasteiger partial charge in [0.2, 0.25) is 5.79 Å². The highest BCUT2D eigenvalue weighted by atomic mass is 16.7. The third-order valence-corrected chi connectivity index (χ3v) is 4.04. The Hall–Kier alpha value is -0.440. The van der Waals surface area contributed by atoms with Crippen LogP contribution in [-0.4, -0.2) is 115 Å². The first-order valence-corrected chi connectivity index (χ1v) is 7.05. The Kier molecular flexibility index (Phi) is 5.92. The van der Waals surface area contributed by atoms with Gasteiger partial charge in [-0.2, -0.15) is 0 Å². The monoisotopic (exact) mass is 342 g/mol. The van der Waals surface area contributed by atoms with Crippen molar-refractivity contribution in [1.29, 1.82) is 0 Å². The fourth-order valence-electron chi connectivity index (χ4n) is 2.63. The van der Waals surface area contributed by atoms with Crippen molar-refractivity contribution in [3.63, 3.8) is 0 Å². The summed E-state index contributed by atoms with van der Waals surface area (Å²) in [6, 6.07) is 0. The maximum Gasteiger partial charge on any atom is 0.219 e. The van der Waals surface area contributed by atoms with E-state index in [-0.39, 0.29) is 0 Å². The lowest BCUT2D eigenvalue weighted by atomic mass is 9.99. The molecule has 11 heteroatoms. The fourth-order valence-corrected chi connectivity index (χ4v) is 2.63. The Labute approximate surface area is 130 Å². The molecule has 0 aromatic carbocycles. The minimum absolute atomic E-state index is 0.668. The van der Waals surface area contributed by atoms with Gasteiger partial charge >= 0.3 is 0 Å². The molecular weight excluding hydrogens is 320 g/mol. The third-order valence-electron chi connectivity index (χ3n) is 4.04. The number of hydrogen-bond acceptors (Lipinski definition) is 11. The van der Waals surface area contributed by atoms with Crippen LogP contribution in [0.3, 0.4) is 0 Å². The van der Waals surface area contributed by atoms with Gasteiger partial charge in [-0.1, -0.05) is 0 Å². The van der Waals surface area contributed by atoms with Crippen LogP contribution in [0.5, 0.6) is 0 Å². The van der Waals surface area contributed by atoms with Crippen LogP contribution in [0, 0.1) is 0 Å². The number of hydrogen-bond donors (Lipinski definition) is 8. The largest absolute Gasteiger partial charge is 0.394 e. The van der Waals surface area contributed by atoms with Gasteiger partial charge in [0.05, 0.1) is 19.8 Å². The van der Waals surface area contributed by atoms with Crippen LogP contribution in [0.2, 0.25) is 0 Å². The van der Waals surface area contributed by atoms with E-state index in [1.807, 2.05) is 0 Å². The maximum absolute atomic E-state index is 10.00. The molecule has 0 spiro atoms. The first-order chi connectivity index (χ1) is 10.8. The molecule has 0 aromatic rings. The highest BCUT2D eigenvalue weighted by molar-refractivity contribution is 4.98. The summed E-state index contributed by atoms with van der Waals surface area (Å²) in [5, 5.41) is 76.5. The second-order valence-corrected chi connectivity index (χ2v) is 5.58. The van der Waals surface area contributed by atoms with Crippen LogP contribution >= 0.6 is 0 Å². The van der Waals surface area contributed by atoms with Gasteiger partial charge in [-0.25, -0.2) is 0 Å². The van der Waals surface area contributed by atoms with E-state index in [2.05, 4.69) is 0 Å². The van der Waals surface area contributed by atoms with Crippen molar-refractivity contribution in [2.24, 2.45) is 0 Å². The van der Waals surface area contributed by atoms with Gasteiger partial charge in [0.15, 0.2) is 6.29 Å². The highest BCUT2D eigenvalue weighted by Crippen LogP contribution is 2.33. The van der Waals surface area contributed by atoms with Crippen molar-refractivity contribution in [3.8, 4) is 0 Å². The molecule has 2 heterocycles. The number of rotatable bonds is 5. The SMILES string of the molecule is OCC1O[C@@H](OC2[C@@H](O)[C@@](O)(CO)O[C@@H]2CO)C(O)[C@@H](O)[C@H]1O. The maximum atomic E-state index is 10.00. The topological polar surface area (TPSA) is 190 Å². The van der Waals surface area contributed by atoms with Gasteiger partial charge in [0.1, 0.15) is 42.7 Å². The Balaban J connectivity index is 2.13. The molecule has 2 saturated heterocycles. The zero-order valence-electron chi connectivity index (χ0n) is 12.0. The normalized spacial score (nSPS) is 51.1. The smallest absolute Gasteiger partial charge is 0.219 e. The second kappa shape index (κ2) is 7.21. The predicted octanol–water partition coefficient (Wildman–Crippen LogP) is -5.40. The van der Waals surface area contributed by atoms with Crippen molar-refractivity contribution >= 4 is 0 Å². The molecular formula is C12H22O11. The second-order valence-electron chi connectivity index (χ2n) is 5.58. The predicted molar refractivity (Wildman–Crippen MR) is 68.6 cm³/mol. The van der Waals surface area contributed by atoms with Crippen molar-refractivity contribution in [1.82, 2.24) is 0 Å². The zero-order chi connectivity index (χ0) is 17.4. The van der Waals surface area contributed by atoms with Crippen molar-refractivity contribution < 1.29 is 55.1 Å².